The van der Waals surface area contributed by atoms with Crippen LogP contribution >= 0.6 is 0 Å². The molecule has 6 rings (SSSR count). The first-order chi connectivity index (χ1) is 17.6. The molecule has 2 fully saturated rings. The molecule has 188 valence electrons. The highest BCUT2D eigenvalue weighted by Gasteiger charge is 2.19. The van der Waals surface area contributed by atoms with E-state index in [-0.39, 0.29) is 22.6 Å². The van der Waals surface area contributed by atoms with Crippen LogP contribution in [-0.4, -0.2) is 67.4 Å². The molecule has 2 aromatic heterocycles. The summed E-state index contributed by atoms with van der Waals surface area (Å²) < 4.78 is 1.62. The smallest absolute Gasteiger partial charge is 0.275 e. The number of hydrogen-bond donors (Lipinski definition) is 3. The van der Waals surface area contributed by atoms with E-state index >= 15 is 0 Å². The Hall–Kier alpha value is -3.43. The molecule has 2 aliphatic rings. The quantitative estimate of drug-likeness (QED) is 0.385. The number of aromatic amines is 2. The van der Waals surface area contributed by atoms with E-state index in [9.17, 15) is 14.7 Å². The number of aromatic hydroxyl groups is 1. The van der Waals surface area contributed by atoms with Gasteiger partial charge in [0.1, 0.15) is 17.0 Å². The SMILES string of the molecule is O=c1[nH]c2cc(CN3CCCCC3)cc(O)c2nc1-c1cccc2c(=O)n(CCN3CCCC3)[nH]c12. The van der Waals surface area contributed by atoms with E-state index in [2.05, 4.69) is 24.9 Å². The summed E-state index contributed by atoms with van der Waals surface area (Å²) in [4.78, 5) is 38.4. The minimum atomic E-state index is -0.352. The van der Waals surface area contributed by atoms with E-state index in [0.29, 0.717) is 34.0 Å². The fourth-order valence-corrected chi connectivity index (χ4v) is 5.67. The van der Waals surface area contributed by atoms with E-state index in [1.165, 1.54) is 32.1 Å². The number of para-hydroxylation sites is 1. The zero-order valence-corrected chi connectivity index (χ0v) is 20.4. The van der Waals surface area contributed by atoms with Gasteiger partial charge in [-0.05, 0) is 75.6 Å². The summed E-state index contributed by atoms with van der Waals surface area (Å²) in [6.07, 6.45) is 6.05. The number of phenolic OH excluding ortho intramolecular Hbond substituents is 1. The largest absolute Gasteiger partial charge is 0.506 e. The summed E-state index contributed by atoms with van der Waals surface area (Å²) in [5.41, 5.74) is 2.67. The van der Waals surface area contributed by atoms with Gasteiger partial charge in [-0.15, -0.1) is 0 Å². The van der Waals surface area contributed by atoms with Gasteiger partial charge in [0, 0.05) is 18.7 Å². The zero-order valence-electron chi connectivity index (χ0n) is 20.4. The molecule has 0 spiro atoms. The van der Waals surface area contributed by atoms with E-state index in [0.717, 1.165) is 44.8 Å². The third-order valence-electron chi connectivity index (χ3n) is 7.57. The standard InChI is InChI=1S/C27H32N6O3/c34-22-16-18(17-32-11-2-1-3-12-32)15-21-25(22)29-24(26(35)28-21)19-7-6-8-20-23(19)30-33(27(20)36)14-13-31-9-4-5-10-31/h6-8,15-16,30,34H,1-5,9-14,17H2,(H,28,35). The lowest BCUT2D eigenvalue weighted by atomic mass is 10.1. The second kappa shape index (κ2) is 9.55. The van der Waals surface area contributed by atoms with Crippen LogP contribution in [0.1, 0.15) is 37.7 Å². The molecule has 9 nitrogen and oxygen atoms in total. The van der Waals surface area contributed by atoms with Gasteiger partial charge in [-0.2, -0.15) is 0 Å². The first kappa shape index (κ1) is 23.0. The molecule has 4 heterocycles. The van der Waals surface area contributed by atoms with Gasteiger partial charge in [0.15, 0.2) is 0 Å². The third-order valence-corrected chi connectivity index (χ3v) is 7.57. The highest BCUT2D eigenvalue weighted by Crippen LogP contribution is 2.28. The summed E-state index contributed by atoms with van der Waals surface area (Å²) in [5.74, 6) is 0.0425. The van der Waals surface area contributed by atoms with Crippen molar-refractivity contribution in [2.24, 2.45) is 0 Å². The van der Waals surface area contributed by atoms with Crippen LogP contribution in [0.25, 0.3) is 33.2 Å². The molecule has 0 saturated carbocycles. The van der Waals surface area contributed by atoms with Crippen LogP contribution < -0.4 is 11.1 Å². The summed E-state index contributed by atoms with van der Waals surface area (Å²) in [6, 6.07) is 8.96. The van der Waals surface area contributed by atoms with Gasteiger partial charge in [-0.25, -0.2) is 4.98 Å². The number of nitrogens with zero attached hydrogens (tertiary/aromatic N) is 4. The first-order valence-electron chi connectivity index (χ1n) is 13.0. The van der Waals surface area contributed by atoms with Crippen LogP contribution in [0.15, 0.2) is 39.9 Å². The van der Waals surface area contributed by atoms with Crippen LogP contribution in [0.5, 0.6) is 5.75 Å². The molecule has 0 atom stereocenters. The number of nitrogens with one attached hydrogen (secondary N) is 2. The Labute approximate surface area is 208 Å². The van der Waals surface area contributed by atoms with Gasteiger partial charge >= 0.3 is 0 Å². The fourth-order valence-electron chi connectivity index (χ4n) is 5.67. The van der Waals surface area contributed by atoms with Crippen molar-refractivity contribution in [3.05, 3.63) is 56.6 Å². The highest BCUT2D eigenvalue weighted by molar-refractivity contribution is 5.93. The van der Waals surface area contributed by atoms with Crippen molar-refractivity contribution in [1.82, 2.24) is 29.5 Å². The number of H-pyrrole nitrogens is 2. The van der Waals surface area contributed by atoms with Gasteiger partial charge in [0.25, 0.3) is 11.1 Å². The molecule has 0 radical (unpaired) electrons. The van der Waals surface area contributed by atoms with Crippen molar-refractivity contribution in [1.29, 1.82) is 0 Å². The molecule has 4 aromatic rings. The lowest BCUT2D eigenvalue weighted by Crippen LogP contribution is -2.29. The van der Waals surface area contributed by atoms with Gasteiger partial charge < -0.3 is 15.0 Å². The van der Waals surface area contributed by atoms with Crippen molar-refractivity contribution in [2.45, 2.75) is 45.2 Å². The third kappa shape index (κ3) is 4.33. The van der Waals surface area contributed by atoms with Crippen molar-refractivity contribution >= 4 is 21.9 Å². The molecule has 3 N–H and O–H groups in total. The van der Waals surface area contributed by atoms with Gasteiger partial charge in [0.05, 0.1) is 23.0 Å². The monoisotopic (exact) mass is 488 g/mol. The number of aromatic nitrogens is 4. The highest BCUT2D eigenvalue weighted by atomic mass is 16.3. The van der Waals surface area contributed by atoms with Crippen molar-refractivity contribution in [3.8, 4) is 17.0 Å². The summed E-state index contributed by atoms with van der Waals surface area (Å²) in [7, 11) is 0. The molecular formula is C27H32N6O3. The lowest BCUT2D eigenvalue weighted by Gasteiger charge is -2.26. The summed E-state index contributed by atoms with van der Waals surface area (Å²) >= 11 is 0. The summed E-state index contributed by atoms with van der Waals surface area (Å²) in [5, 5.41) is 14.5. The summed E-state index contributed by atoms with van der Waals surface area (Å²) in [6.45, 7) is 6.34. The van der Waals surface area contributed by atoms with Crippen LogP contribution in [0, 0.1) is 0 Å². The van der Waals surface area contributed by atoms with E-state index in [4.69, 9.17) is 0 Å². The van der Waals surface area contributed by atoms with Crippen LogP contribution in [0.2, 0.25) is 0 Å². The second-order valence-corrected chi connectivity index (χ2v) is 10.1. The normalized spacial score (nSPS) is 17.4. The Kier molecular flexibility index (Phi) is 6.10. The Morgan fingerprint density at radius 3 is 2.47 bits per heavy atom. The Morgan fingerprint density at radius 1 is 0.917 bits per heavy atom. The van der Waals surface area contributed by atoms with E-state index in [1.807, 2.05) is 6.07 Å². The van der Waals surface area contributed by atoms with Crippen molar-refractivity contribution < 1.29 is 5.11 Å². The molecule has 2 aliphatic heterocycles. The van der Waals surface area contributed by atoms with Crippen LogP contribution in [0.3, 0.4) is 0 Å². The number of hydrogen-bond acceptors (Lipinski definition) is 6. The Balaban J connectivity index is 1.36. The van der Waals surface area contributed by atoms with Crippen LogP contribution in [0.4, 0.5) is 0 Å². The van der Waals surface area contributed by atoms with Crippen molar-refractivity contribution in [2.75, 3.05) is 32.7 Å². The second-order valence-electron chi connectivity index (χ2n) is 10.1. The number of rotatable bonds is 6. The molecule has 0 unspecified atom stereocenters. The topological polar surface area (TPSA) is 110 Å². The average Bonchev–Trinajstić information content (AvgIpc) is 3.51. The maximum absolute atomic E-state index is 13.2. The van der Waals surface area contributed by atoms with Crippen LogP contribution in [-0.2, 0) is 13.1 Å². The van der Waals surface area contributed by atoms with E-state index < -0.39 is 0 Å². The number of likely N-dealkylation sites (tertiary alicyclic amines) is 2. The number of phenols is 1. The lowest BCUT2D eigenvalue weighted by molar-refractivity contribution is 0.221. The maximum Gasteiger partial charge on any atom is 0.275 e. The number of fused-ring (bicyclic) bond motifs is 2. The minimum Gasteiger partial charge on any atom is -0.506 e. The Morgan fingerprint density at radius 2 is 1.67 bits per heavy atom. The molecular weight excluding hydrogens is 456 g/mol. The number of piperidine rings is 1. The molecule has 2 saturated heterocycles. The molecule has 2 aromatic carbocycles. The van der Waals surface area contributed by atoms with E-state index in [1.54, 1.807) is 28.9 Å². The van der Waals surface area contributed by atoms with Gasteiger partial charge in [-0.1, -0.05) is 18.6 Å². The number of benzene rings is 2. The van der Waals surface area contributed by atoms with Gasteiger partial charge in [0.2, 0.25) is 0 Å². The maximum atomic E-state index is 13.2. The molecule has 0 amide bonds. The van der Waals surface area contributed by atoms with Gasteiger partial charge in [-0.3, -0.25) is 24.3 Å². The average molecular weight is 489 g/mol. The van der Waals surface area contributed by atoms with Crippen molar-refractivity contribution in [3.63, 3.8) is 0 Å². The molecule has 9 heteroatoms. The molecule has 0 aliphatic carbocycles. The fraction of sp³-hybridized carbons (Fsp3) is 0.444. The molecule has 0 bridgehead atoms. The molecule has 36 heavy (non-hydrogen) atoms. The predicted octanol–water partition coefficient (Wildman–Crippen LogP) is 3.02. The minimum absolute atomic E-state index is 0.0425. The Bertz CT molecular complexity index is 1520. The predicted molar refractivity (Wildman–Crippen MR) is 140 cm³/mol. The zero-order chi connectivity index (χ0) is 24.6. The first-order valence-corrected chi connectivity index (χ1v) is 13.0.